The van der Waals surface area contributed by atoms with Crippen molar-refractivity contribution in [2.75, 3.05) is 0 Å². The van der Waals surface area contributed by atoms with Gasteiger partial charge >= 0.3 is 0 Å². The molecule has 0 aromatic rings. The van der Waals surface area contributed by atoms with Gasteiger partial charge in [-0.2, -0.15) is 0 Å². The summed E-state index contributed by atoms with van der Waals surface area (Å²) in [5.41, 5.74) is -8.73. The van der Waals surface area contributed by atoms with Gasteiger partial charge in [0.15, 0.2) is 17.2 Å². The van der Waals surface area contributed by atoms with Gasteiger partial charge in [-0.25, -0.2) is 0 Å². The molecule has 1 saturated carbocycles. The predicted octanol–water partition coefficient (Wildman–Crippen LogP) is 3.74. The first kappa shape index (κ1) is 28.0. The minimum absolute atomic E-state index is 0.180. The summed E-state index contributed by atoms with van der Waals surface area (Å²) in [4.78, 5) is 27.6. The van der Waals surface area contributed by atoms with Gasteiger partial charge in [0.1, 0.15) is 22.9 Å². The third-order valence-electron chi connectivity index (χ3n) is 7.63. The van der Waals surface area contributed by atoms with Crippen LogP contribution in [0.1, 0.15) is 41.5 Å². The minimum atomic E-state index is -2.86. The number of ether oxygens (including phenoxy) is 1. The molecule has 0 radical (unpaired) electrons. The topological polar surface area (TPSA) is 168 Å². The Kier molecular flexibility index (Phi) is 6.89. The molecule has 3 aliphatic rings. The molecular weight excluding hydrogens is 478 g/mol. The van der Waals surface area contributed by atoms with Gasteiger partial charge in [-0.15, -0.1) is 0 Å². The maximum absolute atomic E-state index is 14.1. The molecule has 6 N–H and O–H groups in total. The average Bonchev–Trinajstić information content (AvgIpc) is 3.03. The van der Waals surface area contributed by atoms with Gasteiger partial charge < -0.3 is 35.7 Å². The van der Waals surface area contributed by atoms with E-state index in [0.717, 1.165) is 13.0 Å². The number of hydrogen-bond donors (Lipinski definition) is 6. The van der Waals surface area contributed by atoms with Crippen molar-refractivity contribution in [1.29, 1.82) is 5.41 Å². The van der Waals surface area contributed by atoms with Gasteiger partial charge in [-0.3, -0.25) is 9.59 Å². The van der Waals surface area contributed by atoms with E-state index in [2.05, 4.69) is 0 Å². The SMILES string of the molecule is C/C=C/C=C/C(O)=C1C(=N)[C@](C)(O)[C@]2(O)O[C@]3(C)C(=O)C(C)=C(O)/C(=C(O)/C=C/C=C/C)[C@@H]3[C@]2(C)C1=O. The normalized spacial score (nSPS) is 39.5. The largest absolute Gasteiger partial charge is 0.508 e. The molecule has 2 fully saturated rings. The van der Waals surface area contributed by atoms with Crippen molar-refractivity contribution in [3.05, 3.63) is 82.6 Å². The lowest BCUT2D eigenvalue weighted by atomic mass is 9.52. The molecule has 0 aromatic carbocycles. The summed E-state index contributed by atoms with van der Waals surface area (Å²) in [6.45, 7) is 8.36. The van der Waals surface area contributed by atoms with Crippen molar-refractivity contribution >= 4 is 17.3 Å². The summed E-state index contributed by atoms with van der Waals surface area (Å²) < 4.78 is 5.90. The van der Waals surface area contributed by atoms with Crippen LogP contribution in [0, 0.1) is 16.7 Å². The van der Waals surface area contributed by atoms with Crippen LogP contribution < -0.4 is 0 Å². The van der Waals surface area contributed by atoms with Gasteiger partial charge in [-0.05, 0) is 53.7 Å². The lowest BCUT2D eigenvalue weighted by Gasteiger charge is -2.51. The number of Topliss-reactive ketones (excluding diaryl/α,β-unsaturated/α-hetero) is 2. The number of carbonyl (C=O) groups excluding carboxylic acids is 2. The van der Waals surface area contributed by atoms with Crippen LogP contribution in [-0.4, -0.2) is 59.8 Å². The van der Waals surface area contributed by atoms with E-state index in [1.54, 1.807) is 38.2 Å². The van der Waals surface area contributed by atoms with Crippen LogP contribution in [0.5, 0.6) is 0 Å². The van der Waals surface area contributed by atoms with Crippen molar-refractivity contribution in [1.82, 2.24) is 0 Å². The highest BCUT2D eigenvalue weighted by Gasteiger charge is 2.82. The number of hydrogen-bond acceptors (Lipinski definition) is 9. The molecule has 0 spiro atoms. The van der Waals surface area contributed by atoms with Crippen molar-refractivity contribution in [3.8, 4) is 0 Å². The summed E-state index contributed by atoms with van der Waals surface area (Å²) in [6.07, 6.45) is 11.8. The number of allylic oxidation sites excluding steroid dienone is 9. The standard InChI is InChI=1S/C28H33NO8/c1-7-9-11-13-16(30)18-20(32)15(3)23(33)26(5)21(18)25(4)24(34)19(17(31)14-12-10-8-2)22(29)27(6,35)28(25,36)37-26/h7-14,21,29-32,35-36H,1-6H3/b9-7+,10-8+,13-11+,14-12+,18-16+,19-17?,29-22?/t21-,25-,26+,27+,28-/m1/s1. The van der Waals surface area contributed by atoms with Gasteiger partial charge in [0.25, 0.3) is 0 Å². The molecule has 9 nitrogen and oxygen atoms in total. The maximum atomic E-state index is 14.1. The summed E-state index contributed by atoms with van der Waals surface area (Å²) in [5, 5.41) is 64.8. The Morgan fingerprint density at radius 1 is 0.919 bits per heavy atom. The van der Waals surface area contributed by atoms with E-state index in [4.69, 9.17) is 10.1 Å². The van der Waals surface area contributed by atoms with Gasteiger partial charge in [0.05, 0.1) is 16.7 Å². The summed E-state index contributed by atoms with van der Waals surface area (Å²) in [7, 11) is 0. The third-order valence-corrected chi connectivity index (χ3v) is 7.63. The Morgan fingerprint density at radius 3 is 1.95 bits per heavy atom. The molecule has 0 bridgehead atoms. The van der Waals surface area contributed by atoms with Crippen molar-refractivity contribution < 1.29 is 39.9 Å². The lowest BCUT2D eigenvalue weighted by molar-refractivity contribution is -0.305. The number of carbonyl (C=O) groups is 2. The van der Waals surface area contributed by atoms with E-state index < -0.39 is 68.5 Å². The third kappa shape index (κ3) is 3.53. The molecule has 0 aromatic heterocycles. The van der Waals surface area contributed by atoms with Crippen LogP contribution in [0.25, 0.3) is 0 Å². The first-order chi connectivity index (χ1) is 17.1. The molecule has 3 rings (SSSR count). The van der Waals surface area contributed by atoms with Crippen LogP contribution in [0.15, 0.2) is 82.6 Å². The Bertz CT molecular complexity index is 1290. The first-order valence-electron chi connectivity index (χ1n) is 11.8. The highest BCUT2D eigenvalue weighted by molar-refractivity contribution is 6.29. The molecule has 198 valence electrons. The Morgan fingerprint density at radius 2 is 1.43 bits per heavy atom. The van der Waals surface area contributed by atoms with Crippen molar-refractivity contribution in [3.63, 3.8) is 0 Å². The second-order valence-corrected chi connectivity index (χ2v) is 9.90. The zero-order chi connectivity index (χ0) is 28.1. The van der Waals surface area contributed by atoms with Crippen LogP contribution in [0.2, 0.25) is 0 Å². The minimum Gasteiger partial charge on any atom is -0.508 e. The second kappa shape index (κ2) is 9.09. The van der Waals surface area contributed by atoms with Gasteiger partial charge in [0, 0.05) is 17.1 Å². The molecular formula is C28H33NO8. The summed E-state index contributed by atoms with van der Waals surface area (Å²) >= 11 is 0. The Balaban J connectivity index is 2.46. The van der Waals surface area contributed by atoms with Crippen LogP contribution in [0.3, 0.4) is 0 Å². The fourth-order valence-electron chi connectivity index (χ4n) is 5.66. The monoisotopic (exact) mass is 511 g/mol. The van der Waals surface area contributed by atoms with Crippen LogP contribution >= 0.6 is 0 Å². The first-order valence-corrected chi connectivity index (χ1v) is 11.8. The van der Waals surface area contributed by atoms with Crippen molar-refractivity contribution in [2.45, 2.75) is 58.5 Å². The maximum Gasteiger partial charge on any atom is 0.215 e. The molecule has 1 heterocycles. The van der Waals surface area contributed by atoms with Crippen LogP contribution in [-0.2, 0) is 14.3 Å². The number of ketones is 2. The predicted molar refractivity (Wildman–Crippen MR) is 137 cm³/mol. The molecule has 1 saturated heterocycles. The number of aliphatic hydroxyl groups excluding tert-OH is 3. The van der Waals surface area contributed by atoms with E-state index >= 15 is 0 Å². The van der Waals surface area contributed by atoms with E-state index in [1.807, 2.05) is 0 Å². The zero-order valence-electron chi connectivity index (χ0n) is 21.7. The molecule has 37 heavy (non-hydrogen) atoms. The fourth-order valence-corrected chi connectivity index (χ4v) is 5.66. The van der Waals surface area contributed by atoms with E-state index in [9.17, 15) is 35.1 Å². The fraction of sp³-hybridized carbons (Fsp3) is 0.393. The quantitative estimate of drug-likeness (QED) is 0.188. The Hall–Kier alpha value is -3.53. The summed E-state index contributed by atoms with van der Waals surface area (Å²) in [6, 6.07) is 0. The number of fused-ring (bicyclic) bond motifs is 3. The summed E-state index contributed by atoms with van der Waals surface area (Å²) in [5.74, 6) is -7.90. The highest BCUT2D eigenvalue weighted by atomic mass is 16.7. The average molecular weight is 512 g/mol. The van der Waals surface area contributed by atoms with E-state index in [1.165, 1.54) is 39.0 Å². The highest BCUT2D eigenvalue weighted by Crippen LogP contribution is 2.66. The van der Waals surface area contributed by atoms with Gasteiger partial charge in [-0.1, -0.05) is 36.5 Å². The van der Waals surface area contributed by atoms with Crippen LogP contribution in [0.4, 0.5) is 0 Å². The molecule has 5 atom stereocenters. The number of nitrogens with one attached hydrogen (secondary N) is 1. The van der Waals surface area contributed by atoms with Crippen molar-refractivity contribution in [2.24, 2.45) is 11.3 Å². The lowest BCUT2D eigenvalue weighted by Crippen LogP contribution is -2.72. The Labute approximate surface area is 215 Å². The van der Waals surface area contributed by atoms with E-state index in [0.29, 0.717) is 0 Å². The number of aliphatic hydroxyl groups is 5. The zero-order valence-corrected chi connectivity index (χ0v) is 21.7. The molecule has 2 aliphatic carbocycles. The smallest absolute Gasteiger partial charge is 0.215 e. The molecule has 0 amide bonds. The molecule has 9 heteroatoms. The number of rotatable bonds is 4. The van der Waals surface area contributed by atoms with E-state index in [-0.39, 0.29) is 11.1 Å². The second-order valence-electron chi connectivity index (χ2n) is 9.90. The van der Waals surface area contributed by atoms with Gasteiger partial charge in [0.2, 0.25) is 5.79 Å². The molecule has 0 unspecified atom stereocenters. The molecule has 1 aliphatic heterocycles.